The highest BCUT2D eigenvalue weighted by molar-refractivity contribution is 5.92. The molecule has 0 aromatic heterocycles. The maximum Gasteiger partial charge on any atom is 0.343 e. The van der Waals surface area contributed by atoms with Crippen molar-refractivity contribution in [3.05, 3.63) is 24.3 Å². The third kappa shape index (κ3) is 6.97. The highest BCUT2D eigenvalue weighted by atomic mass is 35.5. The Hall–Kier alpha value is -1.79. The maximum atomic E-state index is 11.9. The van der Waals surface area contributed by atoms with Crippen LogP contribution in [0.2, 0.25) is 0 Å². The van der Waals surface area contributed by atoms with E-state index in [4.69, 9.17) is 4.74 Å². The Morgan fingerprint density at radius 3 is 2.67 bits per heavy atom. The van der Waals surface area contributed by atoms with E-state index in [0.717, 1.165) is 0 Å². The number of carbonyl (C=O) groups excluding carboxylic acids is 2. The van der Waals surface area contributed by atoms with Crippen LogP contribution in [0.4, 0.5) is 5.69 Å². The molecule has 0 aliphatic rings. The van der Waals surface area contributed by atoms with Gasteiger partial charge in [0.25, 0.3) is 0 Å². The second kappa shape index (κ2) is 10.0. The first-order chi connectivity index (χ1) is 9.56. The molecule has 2 N–H and O–H groups in total. The fourth-order valence-corrected chi connectivity index (χ4v) is 1.53. The molecule has 1 unspecified atom stereocenters. The molecule has 1 atom stereocenters. The van der Waals surface area contributed by atoms with Crippen LogP contribution in [-0.2, 0) is 14.3 Å². The number of esters is 1. The van der Waals surface area contributed by atoms with E-state index in [1.165, 1.54) is 7.11 Å². The van der Waals surface area contributed by atoms with Gasteiger partial charge in [0.05, 0.1) is 7.11 Å². The largest absolute Gasteiger partial charge is 0.482 e. The van der Waals surface area contributed by atoms with Gasteiger partial charge >= 0.3 is 5.97 Å². The van der Waals surface area contributed by atoms with Crippen LogP contribution in [0.1, 0.15) is 6.92 Å². The van der Waals surface area contributed by atoms with Gasteiger partial charge in [-0.15, -0.1) is 12.4 Å². The number of hydrogen-bond donors (Lipinski definition) is 2. The van der Waals surface area contributed by atoms with Crippen molar-refractivity contribution in [3.63, 3.8) is 0 Å². The number of methoxy groups -OCH3 is 1. The molecule has 118 valence electrons. The Balaban J connectivity index is 0.00000400. The lowest BCUT2D eigenvalue weighted by molar-refractivity contribution is -0.142. The van der Waals surface area contributed by atoms with Crippen LogP contribution in [0.5, 0.6) is 5.75 Å². The molecule has 0 saturated carbocycles. The average molecular weight is 317 g/mol. The smallest absolute Gasteiger partial charge is 0.343 e. The molecule has 0 bridgehead atoms. The molecular weight excluding hydrogens is 296 g/mol. The van der Waals surface area contributed by atoms with Gasteiger partial charge in [-0.1, -0.05) is 13.0 Å². The van der Waals surface area contributed by atoms with E-state index in [-0.39, 0.29) is 30.8 Å². The van der Waals surface area contributed by atoms with Crippen molar-refractivity contribution in [2.75, 3.05) is 32.6 Å². The molecule has 0 spiro atoms. The molecule has 1 rings (SSSR count). The van der Waals surface area contributed by atoms with Crippen molar-refractivity contribution in [2.24, 2.45) is 5.92 Å². The van der Waals surface area contributed by atoms with Crippen molar-refractivity contribution in [2.45, 2.75) is 6.92 Å². The minimum absolute atomic E-state index is 0. The Morgan fingerprint density at radius 1 is 1.33 bits per heavy atom. The normalized spacial score (nSPS) is 11.0. The van der Waals surface area contributed by atoms with Crippen molar-refractivity contribution < 1.29 is 19.1 Å². The summed E-state index contributed by atoms with van der Waals surface area (Å²) in [5.74, 6) is -0.180. The van der Waals surface area contributed by atoms with Crippen LogP contribution in [-0.4, -0.2) is 39.2 Å². The van der Waals surface area contributed by atoms with Crippen LogP contribution in [0.15, 0.2) is 24.3 Å². The summed E-state index contributed by atoms with van der Waals surface area (Å²) >= 11 is 0. The van der Waals surface area contributed by atoms with Gasteiger partial charge in [-0.05, 0) is 19.2 Å². The highest BCUT2D eigenvalue weighted by Crippen LogP contribution is 2.18. The number of anilines is 1. The lowest BCUT2D eigenvalue weighted by atomic mass is 10.1. The minimum atomic E-state index is -0.456. The maximum absolute atomic E-state index is 11.9. The van der Waals surface area contributed by atoms with Gasteiger partial charge in [-0.25, -0.2) is 4.79 Å². The molecule has 1 aromatic carbocycles. The third-order valence-corrected chi connectivity index (χ3v) is 2.64. The zero-order valence-electron chi connectivity index (χ0n) is 12.3. The average Bonchev–Trinajstić information content (AvgIpc) is 2.45. The number of rotatable bonds is 7. The third-order valence-electron chi connectivity index (χ3n) is 2.64. The molecule has 6 nitrogen and oxygen atoms in total. The van der Waals surface area contributed by atoms with Crippen LogP contribution in [0, 0.1) is 5.92 Å². The summed E-state index contributed by atoms with van der Waals surface area (Å²) in [5.41, 5.74) is 0.625. The van der Waals surface area contributed by atoms with Gasteiger partial charge < -0.3 is 20.1 Å². The van der Waals surface area contributed by atoms with E-state index in [1.54, 1.807) is 31.3 Å². The van der Waals surface area contributed by atoms with E-state index in [9.17, 15) is 9.59 Å². The van der Waals surface area contributed by atoms with Gasteiger partial charge in [-0.3, -0.25) is 4.79 Å². The molecule has 0 saturated heterocycles. The van der Waals surface area contributed by atoms with E-state index >= 15 is 0 Å². The predicted octanol–water partition coefficient (Wildman–Crippen LogP) is 1.45. The number of nitrogens with one attached hydrogen (secondary N) is 2. The highest BCUT2D eigenvalue weighted by Gasteiger charge is 2.12. The number of amides is 1. The first-order valence-electron chi connectivity index (χ1n) is 6.32. The first-order valence-corrected chi connectivity index (χ1v) is 6.32. The van der Waals surface area contributed by atoms with Crippen molar-refractivity contribution in [1.29, 1.82) is 0 Å². The monoisotopic (exact) mass is 316 g/mol. The second-order valence-corrected chi connectivity index (χ2v) is 4.34. The Kier molecular flexibility index (Phi) is 9.16. The van der Waals surface area contributed by atoms with Crippen LogP contribution >= 0.6 is 12.4 Å². The topological polar surface area (TPSA) is 76.7 Å². The number of ether oxygens (including phenoxy) is 2. The summed E-state index contributed by atoms with van der Waals surface area (Å²) < 4.78 is 9.74. The fourth-order valence-electron chi connectivity index (χ4n) is 1.53. The van der Waals surface area contributed by atoms with E-state index in [1.807, 2.05) is 6.92 Å². The van der Waals surface area contributed by atoms with Crippen molar-refractivity contribution >= 4 is 30.0 Å². The lowest BCUT2D eigenvalue weighted by Gasteiger charge is -2.12. The zero-order chi connectivity index (χ0) is 15.0. The zero-order valence-corrected chi connectivity index (χ0v) is 13.2. The number of hydrogen-bond acceptors (Lipinski definition) is 5. The SMILES string of the molecule is CNCC(C)C(=O)Nc1cccc(OCC(=O)OC)c1.Cl. The summed E-state index contributed by atoms with van der Waals surface area (Å²) in [5, 5.41) is 5.74. The Bertz CT molecular complexity index is 468. The van der Waals surface area contributed by atoms with Crippen LogP contribution in [0.25, 0.3) is 0 Å². The van der Waals surface area contributed by atoms with Gasteiger partial charge in [0.2, 0.25) is 5.91 Å². The quantitative estimate of drug-likeness (QED) is 0.745. The summed E-state index contributed by atoms with van der Waals surface area (Å²) in [6, 6.07) is 6.86. The lowest BCUT2D eigenvalue weighted by Crippen LogP contribution is -2.28. The molecule has 0 fully saturated rings. The van der Waals surface area contributed by atoms with Crippen molar-refractivity contribution in [3.8, 4) is 5.75 Å². The Morgan fingerprint density at radius 2 is 2.05 bits per heavy atom. The van der Waals surface area contributed by atoms with E-state index < -0.39 is 5.97 Å². The summed E-state index contributed by atoms with van der Waals surface area (Å²) in [7, 11) is 3.09. The van der Waals surface area contributed by atoms with E-state index in [2.05, 4.69) is 15.4 Å². The first kappa shape index (κ1) is 19.2. The number of benzene rings is 1. The van der Waals surface area contributed by atoms with Gasteiger partial charge in [-0.2, -0.15) is 0 Å². The molecule has 0 aliphatic carbocycles. The summed E-state index contributed by atoms with van der Waals surface area (Å²) in [6.07, 6.45) is 0. The molecule has 21 heavy (non-hydrogen) atoms. The molecule has 7 heteroatoms. The van der Waals surface area contributed by atoms with Crippen LogP contribution < -0.4 is 15.4 Å². The van der Waals surface area contributed by atoms with Gasteiger partial charge in [0.1, 0.15) is 5.75 Å². The molecule has 0 aliphatic heterocycles. The predicted molar refractivity (Wildman–Crippen MR) is 82.9 cm³/mol. The molecule has 0 radical (unpaired) electrons. The standard InChI is InChI=1S/C14H20N2O4.ClH/c1-10(8-15-2)14(18)16-11-5-4-6-12(7-11)20-9-13(17)19-3;/h4-7,10,15H,8-9H2,1-3H3,(H,16,18);1H. The van der Waals surface area contributed by atoms with E-state index in [0.29, 0.717) is 18.0 Å². The van der Waals surface area contributed by atoms with Crippen LogP contribution in [0.3, 0.4) is 0 Å². The Labute approximate surface area is 130 Å². The summed E-state index contributed by atoms with van der Waals surface area (Å²) in [6.45, 7) is 2.28. The number of carbonyl (C=O) groups is 2. The summed E-state index contributed by atoms with van der Waals surface area (Å²) in [4.78, 5) is 22.8. The molecule has 1 aromatic rings. The minimum Gasteiger partial charge on any atom is -0.482 e. The molecule has 0 heterocycles. The molecular formula is C14H21ClN2O4. The second-order valence-electron chi connectivity index (χ2n) is 4.34. The molecule has 1 amide bonds. The van der Waals surface area contributed by atoms with Crippen molar-refractivity contribution in [1.82, 2.24) is 5.32 Å². The van der Waals surface area contributed by atoms with Gasteiger partial charge in [0.15, 0.2) is 6.61 Å². The van der Waals surface area contributed by atoms with Gasteiger partial charge in [0, 0.05) is 24.2 Å². The number of halogens is 1. The fraction of sp³-hybridized carbons (Fsp3) is 0.429.